The molecule has 0 aromatic carbocycles. The molecule has 2 nitrogen and oxygen atoms in total. The predicted octanol–water partition coefficient (Wildman–Crippen LogP) is 19.7. The van der Waals surface area contributed by atoms with E-state index in [-0.39, 0.29) is 0 Å². The standard InChI is InChI=1S/C16H34OS2.C16H34O.2C13H28S/c1-13(2)7-17-8-16(11-18-9-14(3)4)12-19-10-15(5)6;1-8-16(9-13(2)3,10-14(4)5)12-17-11-15(6)7;1-10(2)7-13(12(5)6)9-14-8-11(3)4;1-10(2)7-13(8-11(3)4)14-9-12(5)6/h13-16H,7-12H2,1-6H3;13-15H,8-12H2,1-7H3;2*10-13H,7-9H2,1-6H3. The molecule has 0 fully saturated rings. The third kappa shape index (κ3) is 55.9. The third-order valence-electron chi connectivity index (χ3n) is 10.3. The molecule has 0 aromatic heterocycles. The summed E-state index contributed by atoms with van der Waals surface area (Å²) in [6.45, 7) is 61.4. The summed E-state index contributed by atoms with van der Waals surface area (Å²) in [4.78, 5) is 0. The summed E-state index contributed by atoms with van der Waals surface area (Å²) in [5.41, 5.74) is 0.400. The first kappa shape index (κ1) is 71.9. The summed E-state index contributed by atoms with van der Waals surface area (Å²) in [5.74, 6) is 20.1. The van der Waals surface area contributed by atoms with E-state index in [1.807, 2.05) is 0 Å². The summed E-state index contributed by atoms with van der Waals surface area (Å²) in [5, 5.41) is 0.886. The van der Waals surface area contributed by atoms with Crippen molar-refractivity contribution >= 4 is 47.0 Å². The summed E-state index contributed by atoms with van der Waals surface area (Å²) in [7, 11) is 0. The van der Waals surface area contributed by atoms with Gasteiger partial charge >= 0.3 is 0 Å². The number of hydrogen-bond acceptors (Lipinski definition) is 6. The summed E-state index contributed by atoms with van der Waals surface area (Å²) < 4.78 is 11.8. The molecule has 392 valence electrons. The van der Waals surface area contributed by atoms with Crippen molar-refractivity contribution in [2.75, 3.05) is 66.7 Å². The van der Waals surface area contributed by atoms with Crippen LogP contribution in [0.3, 0.4) is 0 Å². The maximum absolute atomic E-state index is 5.95. The second kappa shape index (κ2) is 45.5. The fourth-order valence-electron chi connectivity index (χ4n) is 7.60. The average molecular weight is 982 g/mol. The average Bonchev–Trinajstić information content (AvgIpc) is 3.12. The van der Waals surface area contributed by atoms with Crippen molar-refractivity contribution in [3.05, 3.63) is 0 Å². The van der Waals surface area contributed by atoms with Crippen LogP contribution in [0.5, 0.6) is 0 Å². The molecule has 0 amide bonds. The highest BCUT2D eigenvalue weighted by Gasteiger charge is 2.30. The summed E-state index contributed by atoms with van der Waals surface area (Å²) >= 11 is 8.51. The van der Waals surface area contributed by atoms with Gasteiger partial charge in [-0.2, -0.15) is 47.0 Å². The van der Waals surface area contributed by atoms with E-state index in [0.29, 0.717) is 23.2 Å². The lowest BCUT2D eigenvalue weighted by Crippen LogP contribution is -2.30. The largest absolute Gasteiger partial charge is 0.381 e. The molecule has 1 unspecified atom stereocenters. The molecule has 0 rings (SSSR count). The van der Waals surface area contributed by atoms with Gasteiger partial charge in [0, 0.05) is 24.4 Å². The Morgan fingerprint density at radius 1 is 0.359 bits per heavy atom. The second-order valence-electron chi connectivity index (χ2n) is 24.8. The van der Waals surface area contributed by atoms with Crippen molar-refractivity contribution < 1.29 is 9.47 Å². The fourth-order valence-corrected chi connectivity index (χ4v) is 13.2. The first-order valence-electron chi connectivity index (χ1n) is 27.1. The van der Waals surface area contributed by atoms with Crippen LogP contribution in [0.1, 0.15) is 212 Å². The molecule has 0 aliphatic rings. The van der Waals surface area contributed by atoms with Gasteiger partial charge in [0.15, 0.2) is 0 Å². The Hall–Kier alpha value is 1.32. The highest BCUT2D eigenvalue weighted by molar-refractivity contribution is 8.00. The Morgan fingerprint density at radius 3 is 1.05 bits per heavy atom. The smallest absolute Gasteiger partial charge is 0.0522 e. The van der Waals surface area contributed by atoms with Gasteiger partial charge in [0.05, 0.1) is 13.2 Å². The minimum Gasteiger partial charge on any atom is -0.381 e. The van der Waals surface area contributed by atoms with E-state index in [0.717, 1.165) is 96.8 Å². The Labute approximate surface area is 425 Å². The van der Waals surface area contributed by atoms with Gasteiger partial charge in [-0.1, -0.05) is 173 Å². The van der Waals surface area contributed by atoms with Crippen molar-refractivity contribution in [3.8, 4) is 0 Å². The van der Waals surface area contributed by atoms with E-state index >= 15 is 0 Å². The van der Waals surface area contributed by atoms with Crippen molar-refractivity contribution in [1.29, 1.82) is 0 Å². The van der Waals surface area contributed by atoms with E-state index in [9.17, 15) is 0 Å². The topological polar surface area (TPSA) is 18.5 Å². The molecule has 0 N–H and O–H groups in total. The second-order valence-corrected chi connectivity index (χ2v) is 29.3. The molecular weight excluding hydrogens is 857 g/mol. The third-order valence-corrected chi connectivity index (χ3v) is 16.8. The monoisotopic (exact) mass is 981 g/mol. The van der Waals surface area contributed by atoms with Crippen molar-refractivity contribution in [2.45, 2.75) is 217 Å². The maximum atomic E-state index is 5.95. The van der Waals surface area contributed by atoms with Crippen LogP contribution in [0.2, 0.25) is 0 Å². The maximum Gasteiger partial charge on any atom is 0.0522 e. The molecule has 64 heavy (non-hydrogen) atoms. The van der Waals surface area contributed by atoms with Crippen molar-refractivity contribution in [2.24, 2.45) is 88.3 Å². The Balaban J connectivity index is -0.000000378. The molecule has 0 heterocycles. The lowest BCUT2D eigenvalue weighted by Gasteiger charge is -2.36. The normalized spacial score (nSPS) is 13.0. The van der Waals surface area contributed by atoms with Gasteiger partial charge in [-0.05, 0) is 161 Å². The van der Waals surface area contributed by atoms with Gasteiger partial charge in [-0.3, -0.25) is 0 Å². The van der Waals surface area contributed by atoms with Gasteiger partial charge in [0.25, 0.3) is 0 Å². The zero-order chi connectivity index (χ0) is 50.4. The van der Waals surface area contributed by atoms with Gasteiger partial charge in [0.2, 0.25) is 0 Å². The molecular formula is C58H124O2S4. The zero-order valence-corrected chi connectivity index (χ0v) is 51.9. The van der Waals surface area contributed by atoms with Crippen LogP contribution in [-0.4, -0.2) is 71.9 Å². The Bertz CT molecular complexity index is 874. The minimum atomic E-state index is 0.400. The van der Waals surface area contributed by atoms with Crippen LogP contribution in [0.15, 0.2) is 0 Å². The molecule has 1 atom stereocenters. The van der Waals surface area contributed by atoms with E-state index in [4.69, 9.17) is 9.47 Å². The van der Waals surface area contributed by atoms with E-state index < -0.39 is 0 Å². The SMILES string of the molecule is CC(C)COCC(CSCC(C)C)CSCC(C)C.CC(C)CSC(CC(C)C)CC(C)C.CC(C)CSCC(CC(C)C)C(C)C.CCC(COCC(C)C)(CC(C)C)CC(C)C. The number of ether oxygens (including phenoxy) is 2. The lowest BCUT2D eigenvalue weighted by atomic mass is 9.73. The van der Waals surface area contributed by atoms with Crippen LogP contribution >= 0.6 is 47.0 Å². The minimum absolute atomic E-state index is 0.400. The molecule has 0 saturated heterocycles. The Kier molecular flexibility index (Phi) is 51.0. The molecule has 0 radical (unpaired) electrons. The highest BCUT2D eigenvalue weighted by Crippen LogP contribution is 2.37. The van der Waals surface area contributed by atoms with Crippen LogP contribution in [0.25, 0.3) is 0 Å². The quantitative estimate of drug-likeness (QED) is 0.0625. The molecule has 0 bridgehead atoms. The lowest BCUT2D eigenvalue weighted by molar-refractivity contribution is 0.00433. The first-order chi connectivity index (χ1) is 29.6. The van der Waals surface area contributed by atoms with Crippen LogP contribution in [0.4, 0.5) is 0 Å². The molecule has 0 aliphatic heterocycles. The van der Waals surface area contributed by atoms with E-state index in [1.165, 1.54) is 78.8 Å². The number of rotatable bonds is 35. The van der Waals surface area contributed by atoms with Gasteiger partial charge in [0.1, 0.15) is 0 Å². The van der Waals surface area contributed by atoms with Gasteiger partial charge in [-0.25, -0.2) is 0 Å². The molecule has 6 heteroatoms. The highest BCUT2D eigenvalue weighted by atomic mass is 32.2. The summed E-state index contributed by atoms with van der Waals surface area (Å²) in [6, 6.07) is 0. The molecule has 0 saturated carbocycles. The molecule has 0 spiro atoms. The first-order valence-corrected chi connectivity index (χ1v) is 31.6. The van der Waals surface area contributed by atoms with E-state index in [2.05, 4.69) is 220 Å². The van der Waals surface area contributed by atoms with Crippen LogP contribution in [0, 0.1) is 88.3 Å². The Morgan fingerprint density at radius 2 is 0.734 bits per heavy atom. The summed E-state index contributed by atoms with van der Waals surface area (Å²) in [6.07, 6.45) is 7.98. The van der Waals surface area contributed by atoms with E-state index in [1.54, 1.807) is 0 Å². The zero-order valence-electron chi connectivity index (χ0n) is 48.6. The van der Waals surface area contributed by atoms with Crippen LogP contribution < -0.4 is 0 Å². The molecule has 0 aromatic rings. The predicted molar refractivity (Wildman–Crippen MR) is 311 cm³/mol. The van der Waals surface area contributed by atoms with Gasteiger partial charge < -0.3 is 9.47 Å². The molecule has 0 aliphatic carbocycles. The number of hydrogen-bond donors (Lipinski definition) is 0. The van der Waals surface area contributed by atoms with Crippen molar-refractivity contribution in [1.82, 2.24) is 0 Å². The fraction of sp³-hybridized carbons (Fsp3) is 1.00. The van der Waals surface area contributed by atoms with Crippen LogP contribution in [-0.2, 0) is 9.47 Å². The van der Waals surface area contributed by atoms with Gasteiger partial charge in [-0.15, -0.1) is 0 Å². The van der Waals surface area contributed by atoms with Crippen molar-refractivity contribution in [3.63, 3.8) is 0 Å². The number of thioether (sulfide) groups is 4.